The summed E-state index contributed by atoms with van der Waals surface area (Å²) in [6.45, 7) is 6.36. The molecule has 3 aromatic rings. The highest BCUT2D eigenvalue weighted by atomic mass is 15.5. The first kappa shape index (κ1) is 17.5. The van der Waals surface area contributed by atoms with E-state index in [0.717, 1.165) is 48.7 Å². The van der Waals surface area contributed by atoms with Crippen LogP contribution in [0.2, 0.25) is 0 Å². The maximum absolute atomic E-state index is 4.89. The van der Waals surface area contributed by atoms with Crippen LogP contribution in [0.3, 0.4) is 0 Å². The summed E-state index contributed by atoms with van der Waals surface area (Å²) in [7, 11) is 2.24. The summed E-state index contributed by atoms with van der Waals surface area (Å²) in [6, 6.07) is 18.6. The number of benzene rings is 2. The van der Waals surface area contributed by atoms with E-state index in [-0.39, 0.29) is 0 Å². The minimum absolute atomic E-state index is 0.961. The molecular formula is C22H26N5+. The van der Waals surface area contributed by atoms with Crippen LogP contribution in [0.4, 0.5) is 0 Å². The molecule has 2 aromatic carbocycles. The number of nitrogens with one attached hydrogen (secondary N) is 1. The van der Waals surface area contributed by atoms with Gasteiger partial charge in [0, 0.05) is 17.3 Å². The van der Waals surface area contributed by atoms with E-state index in [1.54, 1.807) is 4.90 Å². The number of piperazine rings is 1. The fourth-order valence-electron chi connectivity index (χ4n) is 3.38. The number of hydrazone groups is 1. The average Bonchev–Trinajstić information content (AvgIpc) is 3.12. The molecule has 5 nitrogen and oxygen atoms in total. The van der Waals surface area contributed by atoms with E-state index in [9.17, 15) is 0 Å². The second-order valence-electron chi connectivity index (χ2n) is 7.19. The van der Waals surface area contributed by atoms with Gasteiger partial charge < -0.3 is 4.90 Å². The third-order valence-electron chi connectivity index (χ3n) is 5.11. The molecule has 1 saturated heterocycles. The number of hydrogen-bond acceptors (Lipinski definition) is 3. The molecule has 1 aromatic heterocycles. The highest BCUT2D eigenvalue weighted by Gasteiger charge is 2.16. The molecule has 1 aliphatic heterocycles. The van der Waals surface area contributed by atoms with E-state index < -0.39 is 0 Å². The van der Waals surface area contributed by atoms with Crippen molar-refractivity contribution in [2.45, 2.75) is 6.92 Å². The maximum Gasteiger partial charge on any atom is 0.102 e. The maximum atomic E-state index is 4.89. The first-order chi connectivity index (χ1) is 13.2. The van der Waals surface area contributed by atoms with Gasteiger partial charge >= 0.3 is 0 Å². The summed E-state index contributed by atoms with van der Waals surface area (Å²) >= 11 is 0. The lowest BCUT2D eigenvalue weighted by molar-refractivity contribution is -0.884. The molecule has 0 unspecified atom stereocenters. The van der Waals surface area contributed by atoms with Crippen molar-refractivity contribution in [1.29, 1.82) is 0 Å². The summed E-state index contributed by atoms with van der Waals surface area (Å²) in [5, 5.41) is 11.8. The van der Waals surface area contributed by atoms with Gasteiger partial charge in [0.2, 0.25) is 0 Å². The van der Waals surface area contributed by atoms with Crippen molar-refractivity contribution in [3.8, 4) is 16.9 Å². The Labute approximate surface area is 160 Å². The number of quaternary nitrogens is 1. The molecule has 4 rings (SSSR count). The number of rotatable bonds is 4. The van der Waals surface area contributed by atoms with Gasteiger partial charge in [-0.15, -0.1) is 0 Å². The van der Waals surface area contributed by atoms with Gasteiger partial charge in [0.05, 0.1) is 45.1 Å². The normalized spacial score (nSPS) is 15.6. The minimum Gasteiger partial charge on any atom is -0.334 e. The van der Waals surface area contributed by atoms with Crippen molar-refractivity contribution in [3.05, 3.63) is 71.9 Å². The van der Waals surface area contributed by atoms with E-state index in [1.807, 2.05) is 35.2 Å². The molecule has 0 bridgehead atoms. The minimum atomic E-state index is 0.961. The molecule has 0 amide bonds. The van der Waals surface area contributed by atoms with E-state index in [1.165, 1.54) is 5.56 Å². The molecule has 0 saturated carbocycles. The Morgan fingerprint density at radius 1 is 1.00 bits per heavy atom. The number of aromatic nitrogens is 2. The molecular weight excluding hydrogens is 334 g/mol. The van der Waals surface area contributed by atoms with E-state index in [0.29, 0.717) is 0 Å². The molecule has 0 radical (unpaired) electrons. The van der Waals surface area contributed by atoms with Crippen molar-refractivity contribution in [2.24, 2.45) is 5.10 Å². The zero-order valence-electron chi connectivity index (χ0n) is 16.0. The number of hydrogen-bond donors (Lipinski definition) is 1. The van der Waals surface area contributed by atoms with Gasteiger partial charge in [-0.05, 0) is 18.6 Å². The van der Waals surface area contributed by atoms with Crippen molar-refractivity contribution in [1.82, 2.24) is 14.8 Å². The monoisotopic (exact) mass is 360 g/mol. The predicted molar refractivity (Wildman–Crippen MR) is 110 cm³/mol. The Hall–Kier alpha value is -2.92. The second kappa shape index (κ2) is 7.76. The van der Waals surface area contributed by atoms with Crippen molar-refractivity contribution in [3.63, 3.8) is 0 Å². The molecule has 2 heterocycles. The van der Waals surface area contributed by atoms with Crippen LogP contribution in [-0.4, -0.2) is 54.2 Å². The lowest BCUT2D eigenvalue weighted by atomic mass is 10.1. The van der Waals surface area contributed by atoms with E-state index in [2.05, 4.69) is 55.5 Å². The molecule has 0 aliphatic carbocycles. The van der Waals surface area contributed by atoms with Crippen molar-refractivity contribution in [2.75, 3.05) is 33.2 Å². The fraction of sp³-hybridized carbons (Fsp3) is 0.273. The average molecular weight is 360 g/mol. The number of likely N-dealkylation sites (N-methyl/N-ethyl adjacent to an activating group) is 1. The predicted octanol–water partition coefficient (Wildman–Crippen LogP) is 2.01. The Bertz CT molecular complexity index is 921. The Morgan fingerprint density at radius 2 is 1.70 bits per heavy atom. The summed E-state index contributed by atoms with van der Waals surface area (Å²) in [4.78, 5) is 1.57. The van der Waals surface area contributed by atoms with E-state index in [4.69, 9.17) is 10.2 Å². The SMILES string of the molecule is Cc1ccccc1-n1cc(/C=N\N2CC[NH+](C)CC2)c(-c2ccccc2)n1. The lowest BCUT2D eigenvalue weighted by Crippen LogP contribution is -3.11. The summed E-state index contributed by atoms with van der Waals surface area (Å²) in [5.74, 6) is 0. The highest BCUT2D eigenvalue weighted by Crippen LogP contribution is 2.23. The van der Waals surface area contributed by atoms with Gasteiger partial charge in [-0.2, -0.15) is 10.2 Å². The Balaban J connectivity index is 1.70. The quantitative estimate of drug-likeness (QED) is 0.723. The summed E-state index contributed by atoms with van der Waals surface area (Å²) < 4.78 is 1.97. The molecule has 1 N–H and O–H groups in total. The van der Waals surface area contributed by atoms with Gasteiger partial charge in [-0.3, -0.25) is 5.01 Å². The standard InChI is InChI=1S/C22H25N5/c1-18-8-6-7-11-21(18)27-17-20(16-23-26-14-12-25(2)13-15-26)22(24-27)19-9-4-3-5-10-19/h3-11,16-17H,12-15H2,1-2H3/p+1/b23-16-. The Kier molecular flexibility index (Phi) is 5.03. The van der Waals surface area contributed by atoms with Crippen LogP contribution < -0.4 is 4.90 Å². The molecule has 138 valence electrons. The Morgan fingerprint density at radius 3 is 2.44 bits per heavy atom. The van der Waals surface area contributed by atoms with Crippen molar-refractivity contribution < 1.29 is 4.90 Å². The smallest absolute Gasteiger partial charge is 0.102 e. The van der Waals surface area contributed by atoms with Crippen LogP contribution >= 0.6 is 0 Å². The van der Waals surface area contributed by atoms with Crippen LogP contribution in [-0.2, 0) is 0 Å². The van der Waals surface area contributed by atoms with E-state index >= 15 is 0 Å². The molecule has 27 heavy (non-hydrogen) atoms. The molecule has 5 heteroatoms. The van der Waals surface area contributed by atoms with Gasteiger partial charge in [0.25, 0.3) is 0 Å². The topological polar surface area (TPSA) is 37.9 Å². The van der Waals surface area contributed by atoms with Crippen LogP contribution in [0.5, 0.6) is 0 Å². The number of aryl methyl sites for hydroxylation is 1. The summed E-state index contributed by atoms with van der Waals surface area (Å²) in [6.07, 6.45) is 4.04. The zero-order chi connectivity index (χ0) is 18.6. The van der Waals surface area contributed by atoms with Crippen molar-refractivity contribution >= 4 is 6.21 Å². The van der Waals surface area contributed by atoms with Crippen LogP contribution in [0.25, 0.3) is 16.9 Å². The van der Waals surface area contributed by atoms with Gasteiger partial charge in [-0.25, -0.2) is 4.68 Å². The third kappa shape index (κ3) is 3.93. The molecule has 0 atom stereocenters. The molecule has 1 aliphatic rings. The first-order valence-electron chi connectivity index (χ1n) is 9.52. The summed E-state index contributed by atoms with van der Waals surface area (Å²) in [5.41, 5.74) is 5.40. The van der Waals surface area contributed by atoms with Crippen LogP contribution in [0, 0.1) is 6.92 Å². The van der Waals surface area contributed by atoms with Gasteiger partial charge in [-0.1, -0.05) is 48.5 Å². The first-order valence-corrected chi connectivity index (χ1v) is 9.52. The van der Waals surface area contributed by atoms with Gasteiger partial charge in [0.15, 0.2) is 0 Å². The zero-order valence-corrected chi connectivity index (χ0v) is 16.0. The molecule has 1 fully saturated rings. The third-order valence-corrected chi connectivity index (χ3v) is 5.11. The van der Waals surface area contributed by atoms with Gasteiger partial charge in [0.1, 0.15) is 5.69 Å². The number of para-hydroxylation sites is 1. The second-order valence-corrected chi connectivity index (χ2v) is 7.19. The fourth-order valence-corrected chi connectivity index (χ4v) is 3.38. The lowest BCUT2D eigenvalue weighted by Gasteiger charge is -2.27. The highest BCUT2D eigenvalue weighted by molar-refractivity contribution is 5.88. The number of nitrogens with zero attached hydrogens (tertiary/aromatic N) is 4. The largest absolute Gasteiger partial charge is 0.334 e. The van der Waals surface area contributed by atoms with Crippen LogP contribution in [0.15, 0.2) is 65.9 Å². The van der Waals surface area contributed by atoms with Crippen LogP contribution in [0.1, 0.15) is 11.1 Å². The molecule has 0 spiro atoms.